The normalized spacial score (nSPS) is 11.0. The minimum atomic E-state index is -0.260. The van der Waals surface area contributed by atoms with Gasteiger partial charge in [0.15, 0.2) is 0 Å². The highest BCUT2D eigenvalue weighted by molar-refractivity contribution is 5.63. The van der Waals surface area contributed by atoms with Crippen LogP contribution in [0.25, 0.3) is 16.9 Å². The van der Waals surface area contributed by atoms with E-state index < -0.39 is 0 Å². The maximum absolute atomic E-state index is 13.4. The summed E-state index contributed by atoms with van der Waals surface area (Å²) in [6, 6.07) is 14.6. The largest absolute Gasteiger partial charge is 0.307 e. The number of benzene rings is 2. The Kier molecular flexibility index (Phi) is 5.44. The van der Waals surface area contributed by atoms with Gasteiger partial charge in [-0.05, 0) is 50.2 Å². The summed E-state index contributed by atoms with van der Waals surface area (Å²) in [7, 11) is 0. The van der Waals surface area contributed by atoms with Crippen molar-refractivity contribution in [3.05, 3.63) is 95.5 Å². The number of hydrogen-bond acceptors (Lipinski definition) is 4. The highest BCUT2D eigenvalue weighted by Gasteiger charge is 2.12. The molecule has 0 saturated carbocycles. The molecule has 0 fully saturated rings. The second kappa shape index (κ2) is 8.32. The summed E-state index contributed by atoms with van der Waals surface area (Å²) in [6.07, 6.45) is 5.55. The first-order chi connectivity index (χ1) is 14.1. The zero-order valence-electron chi connectivity index (χ0n) is 16.4. The van der Waals surface area contributed by atoms with E-state index in [-0.39, 0.29) is 5.82 Å². The Labute approximate surface area is 169 Å². The monoisotopic (exact) mass is 387 g/mol. The molecule has 0 aliphatic carbocycles. The van der Waals surface area contributed by atoms with Gasteiger partial charge in [0.25, 0.3) is 0 Å². The van der Waals surface area contributed by atoms with Crippen LogP contribution < -0.4 is 5.32 Å². The van der Waals surface area contributed by atoms with Crippen molar-refractivity contribution in [2.24, 2.45) is 0 Å². The fourth-order valence-corrected chi connectivity index (χ4v) is 3.06. The molecule has 5 nitrogen and oxygen atoms in total. The molecule has 0 aliphatic heterocycles. The summed E-state index contributed by atoms with van der Waals surface area (Å²) in [5, 5.41) is 8.18. The molecule has 0 aliphatic rings. The fraction of sp³-hybridized carbons (Fsp3) is 0.174. The molecule has 6 heteroatoms. The van der Waals surface area contributed by atoms with Crippen LogP contribution in [0.5, 0.6) is 0 Å². The lowest BCUT2D eigenvalue weighted by Gasteiger charge is -2.05. The first kappa shape index (κ1) is 19.0. The molecule has 2 heterocycles. The molecule has 0 spiro atoms. The molecule has 1 N–H and O–H groups in total. The van der Waals surface area contributed by atoms with E-state index in [1.54, 1.807) is 24.5 Å². The van der Waals surface area contributed by atoms with Gasteiger partial charge in [0, 0.05) is 42.8 Å². The predicted octanol–water partition coefficient (Wildman–Crippen LogP) is 4.38. The lowest BCUT2D eigenvalue weighted by molar-refractivity contribution is 0.628. The Balaban J connectivity index is 1.60. The standard InChI is InChI=1S/C23H22FN5/c1-16-3-9-22(10-4-16)29-15-19(12-25-13-21-14-26-17(2)11-27-21)23(28-29)18-5-7-20(24)8-6-18/h3-11,14-15,25H,12-13H2,1-2H3. The van der Waals surface area contributed by atoms with Gasteiger partial charge in [-0.2, -0.15) is 5.10 Å². The van der Waals surface area contributed by atoms with Gasteiger partial charge in [-0.1, -0.05) is 17.7 Å². The van der Waals surface area contributed by atoms with Gasteiger partial charge in [0.05, 0.1) is 22.8 Å². The van der Waals surface area contributed by atoms with Crippen LogP contribution in [0.3, 0.4) is 0 Å². The molecule has 0 amide bonds. The Hall–Kier alpha value is -3.38. The van der Waals surface area contributed by atoms with Crippen molar-refractivity contribution < 1.29 is 4.39 Å². The predicted molar refractivity (Wildman–Crippen MR) is 111 cm³/mol. The molecule has 0 bridgehead atoms. The number of aromatic nitrogens is 4. The third-order valence-electron chi connectivity index (χ3n) is 4.66. The Bertz CT molecular complexity index is 1080. The number of aryl methyl sites for hydroxylation is 2. The second-order valence-electron chi connectivity index (χ2n) is 7.04. The Morgan fingerprint density at radius 2 is 1.66 bits per heavy atom. The third-order valence-corrected chi connectivity index (χ3v) is 4.66. The van der Waals surface area contributed by atoms with Crippen LogP contribution in [0.15, 0.2) is 67.1 Å². The quantitative estimate of drug-likeness (QED) is 0.534. The van der Waals surface area contributed by atoms with Crippen LogP contribution in [0.1, 0.15) is 22.5 Å². The molecule has 0 unspecified atom stereocenters. The van der Waals surface area contributed by atoms with Crippen molar-refractivity contribution in [3.8, 4) is 16.9 Å². The Morgan fingerprint density at radius 3 is 2.34 bits per heavy atom. The first-order valence-corrected chi connectivity index (χ1v) is 9.48. The molecule has 0 atom stereocenters. The summed E-state index contributed by atoms with van der Waals surface area (Å²) in [5.41, 5.74) is 6.68. The zero-order chi connectivity index (χ0) is 20.2. The van der Waals surface area contributed by atoms with Crippen LogP contribution >= 0.6 is 0 Å². The average Bonchev–Trinajstić information content (AvgIpc) is 3.15. The van der Waals surface area contributed by atoms with Crippen LogP contribution in [-0.2, 0) is 13.1 Å². The minimum Gasteiger partial charge on any atom is -0.307 e. The SMILES string of the molecule is Cc1ccc(-n2cc(CNCc3cnc(C)cn3)c(-c3ccc(F)cc3)n2)cc1. The Morgan fingerprint density at radius 1 is 0.897 bits per heavy atom. The molecule has 0 radical (unpaired) electrons. The molecule has 146 valence electrons. The molecular weight excluding hydrogens is 365 g/mol. The van der Waals surface area contributed by atoms with Gasteiger partial charge in [-0.25, -0.2) is 9.07 Å². The maximum atomic E-state index is 13.4. The smallest absolute Gasteiger partial charge is 0.123 e. The maximum Gasteiger partial charge on any atom is 0.123 e. The zero-order valence-corrected chi connectivity index (χ0v) is 16.4. The van der Waals surface area contributed by atoms with Crippen molar-refractivity contribution in [1.82, 2.24) is 25.1 Å². The van der Waals surface area contributed by atoms with Crippen LogP contribution in [-0.4, -0.2) is 19.7 Å². The highest BCUT2D eigenvalue weighted by atomic mass is 19.1. The number of rotatable bonds is 6. The number of nitrogens with zero attached hydrogens (tertiary/aromatic N) is 4. The molecule has 0 saturated heterocycles. The number of nitrogens with one attached hydrogen (secondary N) is 1. The van der Waals surface area contributed by atoms with Crippen molar-refractivity contribution in [1.29, 1.82) is 0 Å². The van der Waals surface area contributed by atoms with Crippen LogP contribution in [0, 0.1) is 19.7 Å². The third kappa shape index (κ3) is 4.55. The molecule has 29 heavy (non-hydrogen) atoms. The van der Waals surface area contributed by atoms with Crippen molar-refractivity contribution >= 4 is 0 Å². The van der Waals surface area contributed by atoms with Crippen molar-refractivity contribution in [2.75, 3.05) is 0 Å². The topological polar surface area (TPSA) is 55.6 Å². The molecule has 4 aromatic rings. The van der Waals surface area contributed by atoms with E-state index in [0.717, 1.165) is 33.9 Å². The average molecular weight is 387 g/mol. The van der Waals surface area contributed by atoms with E-state index in [9.17, 15) is 4.39 Å². The van der Waals surface area contributed by atoms with Crippen molar-refractivity contribution in [3.63, 3.8) is 0 Å². The number of halogens is 1. The summed E-state index contributed by atoms with van der Waals surface area (Å²) in [5.74, 6) is -0.260. The molecule has 2 aromatic carbocycles. The van der Waals surface area contributed by atoms with E-state index in [2.05, 4.69) is 34.3 Å². The lowest BCUT2D eigenvalue weighted by Crippen LogP contribution is -2.14. The summed E-state index contributed by atoms with van der Waals surface area (Å²) in [6.45, 7) is 5.18. The van der Waals surface area contributed by atoms with Gasteiger partial charge in [0.2, 0.25) is 0 Å². The van der Waals surface area contributed by atoms with E-state index >= 15 is 0 Å². The second-order valence-corrected chi connectivity index (χ2v) is 7.04. The van der Waals surface area contributed by atoms with Crippen molar-refractivity contribution in [2.45, 2.75) is 26.9 Å². The van der Waals surface area contributed by atoms with Gasteiger partial charge < -0.3 is 5.32 Å². The van der Waals surface area contributed by atoms with E-state index in [4.69, 9.17) is 5.10 Å². The molecule has 2 aromatic heterocycles. The highest BCUT2D eigenvalue weighted by Crippen LogP contribution is 2.24. The van der Waals surface area contributed by atoms with Gasteiger partial charge in [0.1, 0.15) is 5.82 Å². The lowest BCUT2D eigenvalue weighted by atomic mass is 10.1. The molecular formula is C23H22FN5. The molecule has 4 rings (SSSR count). The summed E-state index contributed by atoms with van der Waals surface area (Å²) in [4.78, 5) is 8.65. The number of hydrogen-bond donors (Lipinski definition) is 1. The van der Waals surface area contributed by atoms with E-state index in [1.807, 2.05) is 29.9 Å². The van der Waals surface area contributed by atoms with Gasteiger partial charge in [-0.15, -0.1) is 0 Å². The van der Waals surface area contributed by atoms with Gasteiger partial charge >= 0.3 is 0 Å². The summed E-state index contributed by atoms with van der Waals surface area (Å²) < 4.78 is 15.2. The van der Waals surface area contributed by atoms with E-state index in [1.165, 1.54) is 17.7 Å². The first-order valence-electron chi connectivity index (χ1n) is 9.48. The summed E-state index contributed by atoms with van der Waals surface area (Å²) >= 11 is 0. The van der Waals surface area contributed by atoms with E-state index in [0.29, 0.717) is 13.1 Å². The van der Waals surface area contributed by atoms with Gasteiger partial charge in [-0.3, -0.25) is 9.97 Å². The minimum absolute atomic E-state index is 0.260. The fourth-order valence-electron chi connectivity index (χ4n) is 3.06. The van der Waals surface area contributed by atoms with Crippen LogP contribution in [0.2, 0.25) is 0 Å². The van der Waals surface area contributed by atoms with Crippen LogP contribution in [0.4, 0.5) is 4.39 Å².